The minimum atomic E-state index is -4.33. The highest BCUT2D eigenvalue weighted by atomic mass is 19.4. The Bertz CT molecular complexity index is 352. The summed E-state index contributed by atoms with van der Waals surface area (Å²) < 4.78 is 35.5. The lowest BCUT2D eigenvalue weighted by Crippen LogP contribution is -2.03. The summed E-state index contributed by atoms with van der Waals surface area (Å²) in [5.74, 6) is -0.169. The van der Waals surface area contributed by atoms with Gasteiger partial charge in [0.15, 0.2) is 0 Å². The second kappa shape index (κ2) is 5.95. The number of hydrogen-bond donors (Lipinski definition) is 1. The summed E-state index contributed by atoms with van der Waals surface area (Å²) >= 11 is 0. The van der Waals surface area contributed by atoms with Crippen molar-refractivity contribution in [1.82, 2.24) is 0 Å². The van der Waals surface area contributed by atoms with Gasteiger partial charge in [0.05, 0.1) is 5.56 Å². The Hall–Kier alpha value is -1.78. The zero-order valence-corrected chi connectivity index (χ0v) is 8.58. The molecule has 0 aliphatic carbocycles. The number of allylic oxidation sites excluding steroid dienone is 1. The highest BCUT2D eigenvalue weighted by Crippen LogP contribution is 2.29. The van der Waals surface area contributed by atoms with E-state index in [-0.39, 0.29) is 5.75 Å². The van der Waals surface area contributed by atoms with Crippen LogP contribution in [0.4, 0.5) is 13.2 Å². The summed E-state index contributed by atoms with van der Waals surface area (Å²) in [6.45, 7) is 4.97. The van der Waals surface area contributed by atoms with Gasteiger partial charge in [-0.25, -0.2) is 0 Å². The molecule has 0 aliphatic heterocycles. The molecule has 0 atom stereocenters. The number of carbonyl (C=O) groups is 1. The van der Waals surface area contributed by atoms with Gasteiger partial charge >= 0.3 is 6.18 Å². The molecule has 2 nitrogen and oxygen atoms in total. The van der Waals surface area contributed by atoms with Gasteiger partial charge in [0.1, 0.15) is 12.0 Å². The fourth-order valence-electron chi connectivity index (χ4n) is 0.650. The molecule has 0 heterocycles. The van der Waals surface area contributed by atoms with Crippen LogP contribution in [-0.4, -0.2) is 11.4 Å². The SMILES string of the molecule is C=C(C)C=O.Oc1ccc(C(F)(F)F)cc1. The second-order valence-electron chi connectivity index (χ2n) is 3.01. The number of phenols is 1. The van der Waals surface area contributed by atoms with E-state index < -0.39 is 11.7 Å². The van der Waals surface area contributed by atoms with Gasteiger partial charge in [-0.3, -0.25) is 4.79 Å². The fraction of sp³-hybridized carbons (Fsp3) is 0.182. The number of aldehydes is 1. The number of phenolic OH excluding ortho intramolecular Hbond substituents is 1. The van der Waals surface area contributed by atoms with Crippen molar-refractivity contribution in [3.05, 3.63) is 42.0 Å². The third kappa shape index (κ3) is 5.85. The molecule has 0 unspecified atom stereocenters. The number of alkyl halides is 3. The molecule has 88 valence electrons. The van der Waals surface area contributed by atoms with Crippen LogP contribution in [0.2, 0.25) is 0 Å². The zero-order chi connectivity index (χ0) is 12.8. The second-order valence-corrected chi connectivity index (χ2v) is 3.01. The van der Waals surface area contributed by atoms with Crippen LogP contribution in [0.1, 0.15) is 12.5 Å². The van der Waals surface area contributed by atoms with Crippen LogP contribution in [0.25, 0.3) is 0 Å². The van der Waals surface area contributed by atoms with Crippen molar-refractivity contribution < 1.29 is 23.1 Å². The summed E-state index contributed by atoms with van der Waals surface area (Å²) in [5, 5.41) is 8.66. The molecule has 5 heteroatoms. The highest BCUT2D eigenvalue weighted by Gasteiger charge is 2.29. The number of halogens is 3. The van der Waals surface area contributed by atoms with E-state index in [1.54, 1.807) is 6.92 Å². The fourth-order valence-corrected chi connectivity index (χ4v) is 0.650. The van der Waals surface area contributed by atoms with E-state index in [1.807, 2.05) is 0 Å². The maximum atomic E-state index is 11.8. The van der Waals surface area contributed by atoms with Crippen LogP contribution in [0, 0.1) is 0 Å². The Morgan fingerprint density at radius 2 is 1.69 bits per heavy atom. The molecule has 1 aromatic carbocycles. The van der Waals surface area contributed by atoms with Crippen LogP contribution < -0.4 is 0 Å². The van der Waals surface area contributed by atoms with Gasteiger partial charge in [-0.1, -0.05) is 6.58 Å². The predicted octanol–water partition coefficient (Wildman–Crippen LogP) is 3.17. The molecular formula is C11H11F3O2. The molecule has 0 aromatic heterocycles. The van der Waals surface area contributed by atoms with Crippen molar-refractivity contribution in [2.24, 2.45) is 0 Å². The van der Waals surface area contributed by atoms with Gasteiger partial charge in [0, 0.05) is 0 Å². The molecule has 0 saturated carbocycles. The van der Waals surface area contributed by atoms with E-state index in [9.17, 15) is 18.0 Å². The first-order chi connectivity index (χ1) is 7.27. The summed E-state index contributed by atoms with van der Waals surface area (Å²) in [6, 6.07) is 3.66. The summed E-state index contributed by atoms with van der Waals surface area (Å²) in [6.07, 6.45) is -3.60. The lowest BCUT2D eigenvalue weighted by molar-refractivity contribution is -0.137. The standard InChI is InChI=1S/C7H5F3O.C4H6O/c8-7(9,10)5-1-3-6(11)4-2-5;1-4(2)3-5/h1-4,11H;3H,1H2,2H3. The molecular weight excluding hydrogens is 221 g/mol. The molecule has 0 amide bonds. The van der Waals surface area contributed by atoms with Gasteiger partial charge in [0.2, 0.25) is 0 Å². The van der Waals surface area contributed by atoms with Crippen LogP contribution >= 0.6 is 0 Å². The van der Waals surface area contributed by atoms with Gasteiger partial charge in [-0.2, -0.15) is 13.2 Å². The smallest absolute Gasteiger partial charge is 0.416 e. The average Bonchev–Trinajstić information content (AvgIpc) is 2.18. The molecule has 0 bridgehead atoms. The van der Waals surface area contributed by atoms with E-state index in [4.69, 9.17) is 5.11 Å². The van der Waals surface area contributed by atoms with Crippen LogP contribution in [0.5, 0.6) is 5.75 Å². The van der Waals surface area contributed by atoms with Crippen LogP contribution in [-0.2, 0) is 11.0 Å². The van der Waals surface area contributed by atoms with Gasteiger partial charge in [0.25, 0.3) is 0 Å². The minimum Gasteiger partial charge on any atom is -0.508 e. The van der Waals surface area contributed by atoms with Gasteiger partial charge < -0.3 is 5.11 Å². The summed E-state index contributed by atoms with van der Waals surface area (Å²) in [5.41, 5.74) is -0.180. The first-order valence-corrected chi connectivity index (χ1v) is 4.24. The van der Waals surface area contributed by atoms with E-state index in [1.165, 1.54) is 0 Å². The molecule has 0 spiro atoms. The van der Waals surface area contributed by atoms with E-state index >= 15 is 0 Å². The maximum Gasteiger partial charge on any atom is 0.416 e. The molecule has 1 rings (SSSR count). The molecule has 0 radical (unpaired) electrons. The molecule has 0 aliphatic rings. The largest absolute Gasteiger partial charge is 0.508 e. The monoisotopic (exact) mass is 232 g/mol. The van der Waals surface area contributed by atoms with E-state index in [0.29, 0.717) is 5.57 Å². The van der Waals surface area contributed by atoms with Gasteiger partial charge in [-0.15, -0.1) is 0 Å². The highest BCUT2D eigenvalue weighted by molar-refractivity contribution is 5.70. The van der Waals surface area contributed by atoms with Crippen LogP contribution in [0.3, 0.4) is 0 Å². The minimum absolute atomic E-state index is 0.169. The van der Waals surface area contributed by atoms with Crippen molar-refractivity contribution in [2.45, 2.75) is 13.1 Å². The topological polar surface area (TPSA) is 37.3 Å². The van der Waals surface area contributed by atoms with Crippen LogP contribution in [0.15, 0.2) is 36.4 Å². The quantitative estimate of drug-likeness (QED) is 0.596. The summed E-state index contributed by atoms with van der Waals surface area (Å²) in [7, 11) is 0. The Labute approximate surface area is 91.0 Å². The van der Waals surface area contributed by atoms with Crippen molar-refractivity contribution in [3.8, 4) is 5.75 Å². The maximum absolute atomic E-state index is 11.8. The molecule has 1 aromatic rings. The Morgan fingerprint density at radius 1 is 1.31 bits per heavy atom. The van der Waals surface area contributed by atoms with Crippen molar-refractivity contribution in [1.29, 1.82) is 0 Å². The summed E-state index contributed by atoms with van der Waals surface area (Å²) in [4.78, 5) is 9.41. The molecule has 1 N–H and O–H groups in total. The first kappa shape index (κ1) is 14.2. The Kier molecular flexibility index (Phi) is 5.29. The van der Waals surface area contributed by atoms with E-state index in [0.717, 1.165) is 30.6 Å². The number of benzene rings is 1. The zero-order valence-electron chi connectivity index (χ0n) is 8.58. The van der Waals surface area contributed by atoms with Crippen molar-refractivity contribution >= 4 is 6.29 Å². The molecule has 0 saturated heterocycles. The van der Waals surface area contributed by atoms with Gasteiger partial charge in [-0.05, 0) is 36.8 Å². The Balaban J connectivity index is 0.000000385. The number of hydrogen-bond acceptors (Lipinski definition) is 2. The number of rotatable bonds is 1. The molecule has 16 heavy (non-hydrogen) atoms. The van der Waals surface area contributed by atoms with E-state index in [2.05, 4.69) is 6.58 Å². The Morgan fingerprint density at radius 3 is 1.94 bits per heavy atom. The lowest BCUT2D eigenvalue weighted by atomic mass is 10.2. The number of aromatic hydroxyl groups is 1. The number of carbonyl (C=O) groups excluding carboxylic acids is 1. The first-order valence-electron chi connectivity index (χ1n) is 4.24. The van der Waals surface area contributed by atoms with Crippen molar-refractivity contribution in [2.75, 3.05) is 0 Å². The predicted molar refractivity (Wildman–Crippen MR) is 54.0 cm³/mol. The normalized spacial score (nSPS) is 10.0. The third-order valence-corrected chi connectivity index (χ3v) is 1.40. The third-order valence-electron chi connectivity index (χ3n) is 1.40. The van der Waals surface area contributed by atoms with Crippen molar-refractivity contribution in [3.63, 3.8) is 0 Å². The lowest BCUT2D eigenvalue weighted by Gasteiger charge is -2.04. The molecule has 0 fully saturated rings. The average molecular weight is 232 g/mol.